The van der Waals surface area contributed by atoms with Crippen LogP contribution in [0, 0.1) is 0 Å². The Labute approximate surface area is 521 Å². The minimum atomic E-state index is -1.52. The van der Waals surface area contributed by atoms with Crippen molar-refractivity contribution in [3.8, 4) is 0 Å². The van der Waals surface area contributed by atoms with Gasteiger partial charge >= 0.3 is 17.9 Å². The molecule has 0 bridgehead atoms. The summed E-state index contributed by atoms with van der Waals surface area (Å²) in [7, 11) is 5.96. The highest BCUT2D eigenvalue weighted by Crippen LogP contribution is 2.15. The van der Waals surface area contributed by atoms with Crippen LogP contribution in [0.4, 0.5) is 0 Å². The van der Waals surface area contributed by atoms with Crippen molar-refractivity contribution < 1.29 is 42.9 Å². The quantitative estimate of drug-likeness (QED) is 0.0211. The summed E-state index contributed by atoms with van der Waals surface area (Å²) in [6.07, 6.45) is 93.3. The van der Waals surface area contributed by atoms with E-state index in [4.69, 9.17) is 18.9 Å². The molecule has 2 atom stereocenters. The van der Waals surface area contributed by atoms with Crippen molar-refractivity contribution in [3.05, 3.63) is 158 Å². The number of quaternary nitrogens is 1. The van der Waals surface area contributed by atoms with Crippen LogP contribution in [0.3, 0.4) is 0 Å². The Balaban J connectivity index is 4.21. The first-order valence-electron chi connectivity index (χ1n) is 33.6. The second-order valence-electron chi connectivity index (χ2n) is 23.0. The highest BCUT2D eigenvalue weighted by molar-refractivity contribution is 5.71. The molecule has 0 aromatic heterocycles. The normalized spacial score (nSPS) is 13.8. The van der Waals surface area contributed by atoms with Gasteiger partial charge in [-0.05, 0) is 122 Å². The van der Waals surface area contributed by atoms with E-state index in [1.54, 1.807) is 0 Å². The first-order chi connectivity index (χ1) is 41.6. The Bertz CT molecular complexity index is 1950. The van der Waals surface area contributed by atoms with Crippen molar-refractivity contribution in [1.82, 2.24) is 0 Å². The number of unbranched alkanes of at least 4 members (excludes halogenated alkanes) is 19. The van der Waals surface area contributed by atoms with Crippen molar-refractivity contribution in [2.24, 2.45) is 0 Å². The van der Waals surface area contributed by atoms with Gasteiger partial charge in [0.25, 0.3) is 6.29 Å². The summed E-state index contributed by atoms with van der Waals surface area (Å²) in [5.41, 5.74) is 0. The van der Waals surface area contributed by atoms with Crippen LogP contribution >= 0.6 is 0 Å². The van der Waals surface area contributed by atoms with Gasteiger partial charge in [-0.1, -0.05) is 268 Å². The van der Waals surface area contributed by atoms with Gasteiger partial charge in [-0.2, -0.15) is 0 Å². The number of esters is 2. The van der Waals surface area contributed by atoms with E-state index in [0.29, 0.717) is 17.4 Å². The van der Waals surface area contributed by atoms with Gasteiger partial charge in [0.05, 0.1) is 34.4 Å². The minimum Gasteiger partial charge on any atom is -0.477 e. The summed E-state index contributed by atoms with van der Waals surface area (Å²) in [6.45, 7) is 4.63. The second-order valence-corrected chi connectivity index (χ2v) is 23.0. The van der Waals surface area contributed by atoms with Crippen LogP contribution in [0.5, 0.6) is 0 Å². The summed E-state index contributed by atoms with van der Waals surface area (Å²) in [6, 6.07) is 0. The first kappa shape index (κ1) is 79.9. The molecular formula is C76H124NO8+. The molecule has 0 aromatic rings. The van der Waals surface area contributed by atoms with E-state index in [1.807, 2.05) is 21.1 Å². The Morgan fingerprint density at radius 1 is 0.353 bits per heavy atom. The summed E-state index contributed by atoms with van der Waals surface area (Å²) in [5.74, 6) is -2.03. The van der Waals surface area contributed by atoms with Crippen LogP contribution < -0.4 is 0 Å². The molecule has 0 aliphatic rings. The van der Waals surface area contributed by atoms with Gasteiger partial charge in [0, 0.05) is 12.8 Å². The lowest BCUT2D eigenvalue weighted by Gasteiger charge is -2.25. The number of carboxylic acids is 1. The van der Waals surface area contributed by atoms with Crippen molar-refractivity contribution in [1.29, 1.82) is 0 Å². The zero-order chi connectivity index (χ0) is 61.9. The molecule has 0 aliphatic heterocycles. The number of hydrogen-bond acceptors (Lipinski definition) is 7. The maximum Gasteiger partial charge on any atom is 0.361 e. The SMILES string of the molecule is CC/C=C\C/C=C\C/C=C\C/C=C\C/C=C\C/C=C\C/C=C\C/C=C\CCCCCCCCCCCCC(=O)OC(COC(=O)CCCCCCCCCCC/C=C\C/C=C\C/C=C\C/C=C\C/C=C\CC)COC(OCC[N+](C)(C)C)C(=O)O. The topological polar surface area (TPSA) is 108 Å². The number of ether oxygens (including phenoxy) is 4. The van der Waals surface area contributed by atoms with Crippen LogP contribution in [-0.4, -0.2) is 87.4 Å². The Morgan fingerprint density at radius 2 is 0.635 bits per heavy atom. The molecule has 1 N–H and O–H groups in total. The van der Waals surface area contributed by atoms with E-state index in [2.05, 4.69) is 172 Å². The van der Waals surface area contributed by atoms with Crippen molar-refractivity contribution >= 4 is 17.9 Å². The molecule has 0 rings (SSSR count). The van der Waals surface area contributed by atoms with Crippen LogP contribution in [0.25, 0.3) is 0 Å². The Kier molecular flexibility index (Phi) is 61.0. The van der Waals surface area contributed by atoms with E-state index in [-0.39, 0.29) is 38.6 Å². The second kappa shape index (κ2) is 64.9. The lowest BCUT2D eigenvalue weighted by Crippen LogP contribution is -2.40. The lowest BCUT2D eigenvalue weighted by molar-refractivity contribution is -0.870. The first-order valence-corrected chi connectivity index (χ1v) is 33.6. The number of carboxylic acid groups (broad SMARTS) is 1. The minimum absolute atomic E-state index is 0.178. The van der Waals surface area contributed by atoms with E-state index in [0.717, 1.165) is 141 Å². The molecule has 0 amide bonds. The molecule has 9 heteroatoms. The summed E-state index contributed by atoms with van der Waals surface area (Å²) >= 11 is 0. The molecule has 0 saturated heterocycles. The largest absolute Gasteiger partial charge is 0.477 e. The number of carbonyl (C=O) groups excluding carboxylic acids is 2. The van der Waals surface area contributed by atoms with Gasteiger partial charge in [-0.15, -0.1) is 0 Å². The number of hydrogen-bond donors (Lipinski definition) is 1. The van der Waals surface area contributed by atoms with Gasteiger partial charge in [-0.25, -0.2) is 4.79 Å². The van der Waals surface area contributed by atoms with Crippen molar-refractivity contribution in [2.75, 3.05) is 47.5 Å². The van der Waals surface area contributed by atoms with E-state index in [1.165, 1.54) is 70.6 Å². The number of allylic oxidation sites excluding steroid dienone is 26. The maximum absolute atomic E-state index is 12.9. The van der Waals surface area contributed by atoms with E-state index >= 15 is 0 Å². The third-order valence-corrected chi connectivity index (χ3v) is 13.8. The highest BCUT2D eigenvalue weighted by Gasteiger charge is 2.25. The zero-order valence-electron chi connectivity index (χ0n) is 54.7. The summed E-state index contributed by atoms with van der Waals surface area (Å²) < 4.78 is 22.9. The maximum atomic E-state index is 12.9. The molecule has 0 fully saturated rings. The standard InChI is InChI=1S/C76H123NO8/c1-6-8-10-12-14-16-18-20-22-24-26-28-30-32-33-34-35-36-37-38-39-40-41-43-45-47-49-51-53-55-57-59-61-63-65-67-74(79)85-72(71-84-76(75(80)81)82-69-68-77(3,4)5)70-83-73(78)66-64-62-60-58-56-54-52-50-48-46-44-42-31-29-27-25-23-21-19-17-15-13-11-9-7-2/h8-11,14-17,20-23,26-29,32-33,35-36,38-39,41-44,72,76H,6-7,12-13,18-19,24-25,30-31,34,37,40,45-71H2,1-5H3/p+1/b10-8-,11-9-,16-14-,17-15-,22-20-,23-21-,28-26-,29-27-,33-32-,36-35-,39-38-,43-41-,44-42-. The van der Waals surface area contributed by atoms with Gasteiger partial charge in [0.2, 0.25) is 0 Å². The zero-order valence-corrected chi connectivity index (χ0v) is 54.7. The molecule has 0 spiro atoms. The molecule has 0 saturated carbocycles. The van der Waals surface area contributed by atoms with Gasteiger partial charge in [0.1, 0.15) is 13.2 Å². The van der Waals surface area contributed by atoms with Gasteiger partial charge < -0.3 is 28.5 Å². The van der Waals surface area contributed by atoms with Gasteiger partial charge in [0.15, 0.2) is 6.10 Å². The van der Waals surface area contributed by atoms with Crippen LogP contribution in [0.15, 0.2) is 158 Å². The Morgan fingerprint density at radius 3 is 0.941 bits per heavy atom. The number of aliphatic carboxylic acids is 1. The Hall–Kier alpha value is -5.09. The van der Waals surface area contributed by atoms with Crippen LogP contribution in [0.2, 0.25) is 0 Å². The molecule has 9 nitrogen and oxygen atoms in total. The fourth-order valence-electron chi connectivity index (χ4n) is 8.70. The average Bonchev–Trinajstić information content (AvgIpc) is 3.48. The molecule has 85 heavy (non-hydrogen) atoms. The van der Waals surface area contributed by atoms with Crippen LogP contribution in [0.1, 0.15) is 245 Å². The predicted molar refractivity (Wildman–Crippen MR) is 363 cm³/mol. The van der Waals surface area contributed by atoms with Gasteiger partial charge in [-0.3, -0.25) is 9.59 Å². The molecule has 0 aromatic carbocycles. The molecule has 2 unspecified atom stereocenters. The van der Waals surface area contributed by atoms with E-state index in [9.17, 15) is 19.5 Å². The predicted octanol–water partition coefficient (Wildman–Crippen LogP) is 20.9. The third-order valence-electron chi connectivity index (χ3n) is 13.8. The molecule has 0 heterocycles. The number of nitrogens with zero attached hydrogens (tertiary/aromatic N) is 1. The molecule has 0 aliphatic carbocycles. The summed E-state index contributed by atoms with van der Waals surface area (Å²) in [4.78, 5) is 37.6. The van der Waals surface area contributed by atoms with Crippen molar-refractivity contribution in [2.45, 2.75) is 257 Å². The number of carbonyl (C=O) groups is 3. The molecule has 0 radical (unpaired) electrons. The average molecular weight is 1180 g/mol. The fourth-order valence-corrected chi connectivity index (χ4v) is 8.70. The number of rotatable bonds is 60. The number of likely N-dealkylation sites (N-methyl/N-ethyl adjacent to an activating group) is 1. The lowest BCUT2D eigenvalue weighted by atomic mass is 10.0. The summed E-state index contributed by atoms with van der Waals surface area (Å²) in [5, 5.41) is 9.74. The monoisotopic (exact) mass is 1180 g/mol. The highest BCUT2D eigenvalue weighted by atomic mass is 16.7. The molecule has 480 valence electrons. The van der Waals surface area contributed by atoms with Crippen molar-refractivity contribution in [3.63, 3.8) is 0 Å². The molecular weight excluding hydrogens is 1050 g/mol. The van der Waals surface area contributed by atoms with E-state index < -0.39 is 24.3 Å². The third kappa shape index (κ3) is 66.3. The fraction of sp³-hybridized carbons (Fsp3) is 0.618. The smallest absolute Gasteiger partial charge is 0.361 e. The van der Waals surface area contributed by atoms with Crippen LogP contribution in [-0.2, 0) is 33.3 Å².